The van der Waals surface area contributed by atoms with Crippen LogP contribution in [-0.2, 0) is 17.8 Å². The van der Waals surface area contributed by atoms with Gasteiger partial charge in [-0.05, 0) is 63.1 Å². The Morgan fingerprint density at radius 2 is 1.90 bits per heavy atom. The third kappa shape index (κ3) is 4.59. The summed E-state index contributed by atoms with van der Waals surface area (Å²) in [6.07, 6.45) is 1.59. The highest BCUT2D eigenvalue weighted by atomic mass is 16.5. The molecule has 0 aliphatic carbocycles. The Balaban J connectivity index is 1.93. The lowest BCUT2D eigenvalue weighted by molar-refractivity contribution is 0.0519. The molecule has 2 aromatic heterocycles. The average molecular weight is 394 g/mol. The summed E-state index contributed by atoms with van der Waals surface area (Å²) >= 11 is 0. The topological polar surface area (TPSA) is 75.5 Å². The van der Waals surface area contributed by atoms with E-state index >= 15 is 0 Å². The zero-order valence-electron chi connectivity index (χ0n) is 17.2. The standard InChI is InChI=1S/C23H26N2O4/c1-5-28-23(27)21-16(3)20(17(4)24-21)14-25(13-19-10-7-11-29-19)22(26)18-9-6-8-15(2)12-18/h6-12,24H,5,13-14H2,1-4H3. The van der Waals surface area contributed by atoms with Crippen molar-refractivity contribution in [1.29, 1.82) is 0 Å². The highest BCUT2D eigenvalue weighted by Gasteiger charge is 2.23. The van der Waals surface area contributed by atoms with E-state index in [1.54, 1.807) is 24.2 Å². The fourth-order valence-corrected chi connectivity index (χ4v) is 3.38. The third-order valence-corrected chi connectivity index (χ3v) is 4.90. The van der Waals surface area contributed by atoms with E-state index in [0.29, 0.717) is 36.7 Å². The van der Waals surface area contributed by atoms with E-state index in [9.17, 15) is 9.59 Å². The van der Waals surface area contributed by atoms with Crippen molar-refractivity contribution < 1.29 is 18.7 Å². The van der Waals surface area contributed by atoms with Crippen LogP contribution in [0.2, 0.25) is 0 Å². The largest absolute Gasteiger partial charge is 0.467 e. The maximum absolute atomic E-state index is 13.3. The molecule has 0 aliphatic heterocycles. The summed E-state index contributed by atoms with van der Waals surface area (Å²) in [5, 5.41) is 0. The molecule has 6 heteroatoms. The Bertz CT molecular complexity index is 1000. The Morgan fingerprint density at radius 1 is 1.10 bits per heavy atom. The van der Waals surface area contributed by atoms with Crippen LogP contribution in [0.25, 0.3) is 0 Å². The number of nitrogens with one attached hydrogen (secondary N) is 1. The molecular weight excluding hydrogens is 368 g/mol. The van der Waals surface area contributed by atoms with Crippen molar-refractivity contribution in [3.63, 3.8) is 0 Å². The monoisotopic (exact) mass is 394 g/mol. The van der Waals surface area contributed by atoms with E-state index in [0.717, 1.165) is 22.4 Å². The minimum atomic E-state index is -0.387. The van der Waals surface area contributed by atoms with E-state index < -0.39 is 0 Å². The number of aromatic amines is 1. The lowest BCUT2D eigenvalue weighted by Crippen LogP contribution is -2.30. The molecule has 0 unspecified atom stereocenters. The van der Waals surface area contributed by atoms with Gasteiger partial charge in [0.05, 0.1) is 19.4 Å². The lowest BCUT2D eigenvalue weighted by atomic mass is 10.1. The Labute approximate surface area is 170 Å². The molecule has 152 valence electrons. The number of hydrogen-bond acceptors (Lipinski definition) is 4. The minimum Gasteiger partial charge on any atom is -0.467 e. The van der Waals surface area contributed by atoms with E-state index in [1.807, 2.05) is 51.1 Å². The van der Waals surface area contributed by atoms with Crippen LogP contribution in [0.3, 0.4) is 0 Å². The average Bonchev–Trinajstić information content (AvgIpc) is 3.30. The molecule has 0 bridgehead atoms. The van der Waals surface area contributed by atoms with E-state index in [1.165, 1.54) is 0 Å². The SMILES string of the molecule is CCOC(=O)c1[nH]c(C)c(CN(Cc2ccco2)C(=O)c2cccc(C)c2)c1C. The van der Waals surface area contributed by atoms with Crippen molar-refractivity contribution in [2.75, 3.05) is 6.61 Å². The number of esters is 1. The van der Waals surface area contributed by atoms with Crippen LogP contribution >= 0.6 is 0 Å². The van der Waals surface area contributed by atoms with Crippen molar-refractivity contribution >= 4 is 11.9 Å². The number of H-pyrrole nitrogens is 1. The highest BCUT2D eigenvalue weighted by Crippen LogP contribution is 2.23. The maximum Gasteiger partial charge on any atom is 0.355 e. The van der Waals surface area contributed by atoms with Crippen molar-refractivity contribution in [2.24, 2.45) is 0 Å². The third-order valence-electron chi connectivity index (χ3n) is 4.90. The van der Waals surface area contributed by atoms with Gasteiger partial charge in [0.25, 0.3) is 5.91 Å². The summed E-state index contributed by atoms with van der Waals surface area (Å²) in [5.74, 6) is 0.215. The summed E-state index contributed by atoms with van der Waals surface area (Å²) in [6.45, 7) is 8.48. The molecule has 0 atom stereocenters. The van der Waals surface area contributed by atoms with Crippen LogP contribution < -0.4 is 0 Å². The molecule has 1 amide bonds. The van der Waals surface area contributed by atoms with Crippen molar-refractivity contribution in [3.05, 3.63) is 82.1 Å². The zero-order valence-corrected chi connectivity index (χ0v) is 17.2. The molecule has 6 nitrogen and oxygen atoms in total. The van der Waals surface area contributed by atoms with Gasteiger partial charge < -0.3 is 19.0 Å². The molecule has 0 aliphatic rings. The number of benzene rings is 1. The number of furan rings is 1. The first-order valence-corrected chi connectivity index (χ1v) is 9.64. The van der Waals surface area contributed by atoms with Gasteiger partial charge in [-0.3, -0.25) is 4.79 Å². The Kier molecular flexibility index (Phi) is 6.22. The van der Waals surface area contributed by atoms with Gasteiger partial charge in [-0.1, -0.05) is 17.7 Å². The number of carbonyl (C=O) groups excluding carboxylic acids is 2. The van der Waals surface area contributed by atoms with Gasteiger partial charge in [0.1, 0.15) is 11.5 Å². The zero-order chi connectivity index (χ0) is 21.0. The quantitative estimate of drug-likeness (QED) is 0.597. The number of nitrogens with zero attached hydrogens (tertiary/aromatic N) is 1. The van der Waals surface area contributed by atoms with Crippen LogP contribution in [0.5, 0.6) is 0 Å². The summed E-state index contributed by atoms with van der Waals surface area (Å²) in [4.78, 5) is 30.3. The molecule has 0 saturated heterocycles. The second-order valence-electron chi connectivity index (χ2n) is 7.06. The van der Waals surface area contributed by atoms with Crippen LogP contribution in [0.4, 0.5) is 0 Å². The summed E-state index contributed by atoms with van der Waals surface area (Å²) < 4.78 is 10.6. The molecule has 1 N–H and O–H groups in total. The number of carbonyl (C=O) groups is 2. The first kappa shape index (κ1) is 20.5. The molecule has 3 rings (SSSR count). The first-order chi connectivity index (χ1) is 13.9. The second kappa shape index (κ2) is 8.82. The molecule has 29 heavy (non-hydrogen) atoms. The number of hydrogen-bond donors (Lipinski definition) is 1. The summed E-state index contributed by atoms with van der Waals surface area (Å²) in [5.41, 5.74) is 4.61. The Morgan fingerprint density at radius 3 is 2.55 bits per heavy atom. The van der Waals surface area contributed by atoms with Gasteiger partial charge in [0.15, 0.2) is 0 Å². The van der Waals surface area contributed by atoms with Crippen molar-refractivity contribution in [2.45, 2.75) is 40.8 Å². The van der Waals surface area contributed by atoms with Gasteiger partial charge in [-0.15, -0.1) is 0 Å². The van der Waals surface area contributed by atoms with Crippen LogP contribution in [0.15, 0.2) is 47.1 Å². The summed E-state index contributed by atoms with van der Waals surface area (Å²) in [7, 11) is 0. The van der Waals surface area contributed by atoms with Crippen LogP contribution in [-0.4, -0.2) is 28.4 Å². The van der Waals surface area contributed by atoms with Gasteiger partial charge >= 0.3 is 5.97 Å². The minimum absolute atomic E-state index is 0.0946. The fraction of sp³-hybridized carbons (Fsp3) is 0.304. The molecular formula is C23H26N2O4. The van der Waals surface area contributed by atoms with Crippen LogP contribution in [0.1, 0.15) is 55.9 Å². The summed E-state index contributed by atoms with van der Waals surface area (Å²) in [6, 6.07) is 11.2. The highest BCUT2D eigenvalue weighted by molar-refractivity contribution is 5.94. The number of ether oxygens (including phenoxy) is 1. The van der Waals surface area contributed by atoms with Gasteiger partial charge in [-0.2, -0.15) is 0 Å². The number of rotatable bonds is 7. The van der Waals surface area contributed by atoms with Crippen molar-refractivity contribution in [1.82, 2.24) is 9.88 Å². The lowest BCUT2D eigenvalue weighted by Gasteiger charge is -2.23. The number of amides is 1. The molecule has 0 saturated carbocycles. The molecule has 3 aromatic rings. The number of aromatic nitrogens is 1. The molecule has 0 spiro atoms. The predicted molar refractivity (Wildman–Crippen MR) is 110 cm³/mol. The smallest absolute Gasteiger partial charge is 0.355 e. The maximum atomic E-state index is 13.3. The second-order valence-corrected chi connectivity index (χ2v) is 7.06. The van der Waals surface area contributed by atoms with Gasteiger partial charge in [-0.25, -0.2) is 4.79 Å². The molecule has 1 aromatic carbocycles. The van der Waals surface area contributed by atoms with E-state index in [4.69, 9.17) is 9.15 Å². The molecule has 0 fully saturated rings. The molecule has 0 radical (unpaired) electrons. The Hall–Kier alpha value is -3.28. The number of aryl methyl sites for hydroxylation is 2. The first-order valence-electron chi connectivity index (χ1n) is 9.64. The van der Waals surface area contributed by atoms with Crippen LogP contribution in [0, 0.1) is 20.8 Å². The fourth-order valence-electron chi connectivity index (χ4n) is 3.38. The predicted octanol–water partition coefficient (Wildman–Crippen LogP) is 4.55. The van der Waals surface area contributed by atoms with Crippen molar-refractivity contribution in [3.8, 4) is 0 Å². The van der Waals surface area contributed by atoms with E-state index in [-0.39, 0.29) is 11.9 Å². The van der Waals surface area contributed by atoms with Gasteiger partial charge in [0, 0.05) is 17.8 Å². The normalized spacial score (nSPS) is 10.8. The van der Waals surface area contributed by atoms with E-state index in [2.05, 4.69) is 4.98 Å². The van der Waals surface area contributed by atoms with Gasteiger partial charge in [0.2, 0.25) is 0 Å². The molecule has 2 heterocycles.